The van der Waals surface area contributed by atoms with E-state index in [1.54, 1.807) is 4.57 Å². The Hall–Kier alpha value is -3.76. The van der Waals surface area contributed by atoms with Gasteiger partial charge in [0.2, 0.25) is 11.4 Å². The molecule has 4 rings (SSSR count). The van der Waals surface area contributed by atoms with Crippen molar-refractivity contribution in [2.75, 3.05) is 16.8 Å². The van der Waals surface area contributed by atoms with Crippen LogP contribution in [-0.4, -0.2) is 30.6 Å². The van der Waals surface area contributed by atoms with Crippen LogP contribution in [0.1, 0.15) is 34.8 Å². The molecule has 0 spiro atoms. The lowest BCUT2D eigenvalue weighted by atomic mass is 10.2. The van der Waals surface area contributed by atoms with Crippen molar-refractivity contribution >= 4 is 34.6 Å². The monoisotopic (exact) mass is 385 g/mol. The van der Waals surface area contributed by atoms with E-state index in [4.69, 9.17) is 11.5 Å². The highest BCUT2D eigenvalue weighted by Gasteiger charge is 2.28. The third kappa shape index (κ3) is 3.06. The molecule has 11 heteroatoms. The summed E-state index contributed by atoms with van der Waals surface area (Å²) in [7, 11) is 0. The number of fused-ring (bicyclic) bond motifs is 1. The Morgan fingerprint density at radius 3 is 2.75 bits per heavy atom. The molecule has 1 fully saturated rings. The van der Waals surface area contributed by atoms with Crippen LogP contribution in [0.4, 0.5) is 22.0 Å². The molecule has 0 atom stereocenters. The predicted molar refractivity (Wildman–Crippen MR) is 99.4 cm³/mol. The molecule has 0 amide bonds. The Morgan fingerprint density at radius 1 is 1.36 bits per heavy atom. The summed E-state index contributed by atoms with van der Waals surface area (Å²) in [6.07, 6.45) is 4.35. The second kappa shape index (κ2) is 6.44. The highest BCUT2D eigenvalue weighted by Crippen LogP contribution is 2.37. The number of anilines is 3. The van der Waals surface area contributed by atoms with Gasteiger partial charge in [-0.1, -0.05) is 0 Å². The first-order chi connectivity index (χ1) is 13.3. The van der Waals surface area contributed by atoms with E-state index >= 15 is 0 Å². The molecule has 0 aromatic carbocycles. The molecule has 3 aromatic rings. The zero-order valence-corrected chi connectivity index (χ0v) is 14.5. The Bertz CT molecular complexity index is 1170. The molecule has 28 heavy (non-hydrogen) atoms. The van der Waals surface area contributed by atoms with E-state index < -0.39 is 22.8 Å². The molecule has 0 saturated heterocycles. The van der Waals surface area contributed by atoms with Gasteiger partial charge in [0, 0.05) is 30.5 Å². The first-order valence-electron chi connectivity index (χ1n) is 8.44. The van der Waals surface area contributed by atoms with E-state index in [0.717, 1.165) is 18.9 Å². The normalized spacial score (nSPS) is 13.6. The summed E-state index contributed by atoms with van der Waals surface area (Å²) in [5.74, 6) is -2.06. The fourth-order valence-corrected chi connectivity index (χ4v) is 2.90. The fourth-order valence-electron chi connectivity index (χ4n) is 2.90. The van der Waals surface area contributed by atoms with Gasteiger partial charge >= 0.3 is 5.97 Å². The lowest BCUT2D eigenvalue weighted by Gasteiger charge is -2.13. The number of aromatic carboxylic acids is 1. The number of hydrogen-bond acceptors (Lipinski definition) is 8. The maximum absolute atomic E-state index is 14.5. The minimum Gasteiger partial charge on any atom is -0.477 e. The molecule has 1 aliphatic carbocycles. The van der Waals surface area contributed by atoms with Gasteiger partial charge in [0.05, 0.1) is 5.39 Å². The Labute approximate surface area is 157 Å². The highest BCUT2D eigenvalue weighted by molar-refractivity contribution is 5.92. The van der Waals surface area contributed by atoms with Crippen molar-refractivity contribution in [1.29, 1.82) is 0 Å². The summed E-state index contributed by atoms with van der Waals surface area (Å²) >= 11 is 0. The number of carboxylic acid groups (broad SMARTS) is 1. The molecule has 1 aliphatic rings. The quantitative estimate of drug-likeness (QED) is 0.504. The summed E-state index contributed by atoms with van der Waals surface area (Å²) in [5, 5.41) is 12.0. The van der Waals surface area contributed by atoms with Gasteiger partial charge in [-0.15, -0.1) is 0 Å². The van der Waals surface area contributed by atoms with E-state index in [1.165, 1.54) is 12.4 Å². The van der Waals surface area contributed by atoms with Crippen molar-refractivity contribution in [3.05, 3.63) is 45.6 Å². The summed E-state index contributed by atoms with van der Waals surface area (Å²) < 4.78 is 16.2. The van der Waals surface area contributed by atoms with Gasteiger partial charge in [-0.25, -0.2) is 19.2 Å². The van der Waals surface area contributed by atoms with Crippen LogP contribution in [0, 0.1) is 5.82 Å². The Morgan fingerprint density at radius 2 is 2.11 bits per heavy atom. The molecule has 3 heterocycles. The maximum Gasteiger partial charge on any atom is 0.341 e. The number of nitrogen functional groups attached to an aromatic ring is 2. The van der Waals surface area contributed by atoms with E-state index in [0.29, 0.717) is 5.56 Å². The molecule has 144 valence electrons. The largest absolute Gasteiger partial charge is 0.477 e. The average molecular weight is 385 g/mol. The number of rotatable bonds is 5. The second-order valence-electron chi connectivity index (χ2n) is 6.50. The topological polar surface area (TPSA) is 162 Å². The average Bonchev–Trinajstić information content (AvgIpc) is 3.47. The number of nitrogens with one attached hydrogen (secondary N) is 1. The van der Waals surface area contributed by atoms with Crippen molar-refractivity contribution in [2.45, 2.75) is 25.4 Å². The smallest absolute Gasteiger partial charge is 0.341 e. The fraction of sp³-hybridized carbons (Fsp3) is 0.235. The molecule has 1 saturated carbocycles. The van der Waals surface area contributed by atoms with Crippen molar-refractivity contribution in [2.24, 2.45) is 0 Å². The minimum atomic E-state index is -1.36. The third-order valence-corrected chi connectivity index (χ3v) is 4.49. The van der Waals surface area contributed by atoms with Crippen molar-refractivity contribution < 1.29 is 14.3 Å². The number of pyridine rings is 2. The van der Waals surface area contributed by atoms with Crippen LogP contribution in [0.15, 0.2) is 23.3 Å². The van der Waals surface area contributed by atoms with Crippen molar-refractivity contribution in [1.82, 2.24) is 19.5 Å². The van der Waals surface area contributed by atoms with E-state index in [-0.39, 0.29) is 41.2 Å². The lowest BCUT2D eigenvalue weighted by Crippen LogP contribution is -2.20. The Balaban J connectivity index is 1.77. The first kappa shape index (κ1) is 17.6. The van der Waals surface area contributed by atoms with Gasteiger partial charge in [0.25, 0.3) is 0 Å². The van der Waals surface area contributed by atoms with Crippen LogP contribution >= 0.6 is 0 Å². The minimum absolute atomic E-state index is 0.0268. The van der Waals surface area contributed by atoms with Crippen LogP contribution in [0.25, 0.3) is 11.0 Å². The second-order valence-corrected chi connectivity index (χ2v) is 6.50. The molecular weight excluding hydrogens is 369 g/mol. The van der Waals surface area contributed by atoms with E-state index in [1.807, 2.05) is 0 Å². The molecule has 3 aromatic heterocycles. The molecular formula is C17H16FN7O3. The SMILES string of the molecule is Nc1ncc(CNc2nc3c(cc2F)c(=O)c(C(=O)O)cn3C2CC2)c(N)n1. The molecule has 6 N–H and O–H groups in total. The molecule has 0 aliphatic heterocycles. The van der Waals surface area contributed by atoms with E-state index in [9.17, 15) is 19.1 Å². The molecule has 0 unspecified atom stereocenters. The predicted octanol–water partition coefficient (Wildman–Crippen LogP) is 1.14. The first-order valence-corrected chi connectivity index (χ1v) is 8.44. The van der Waals surface area contributed by atoms with Gasteiger partial charge in [0.15, 0.2) is 11.6 Å². The lowest BCUT2D eigenvalue weighted by molar-refractivity contribution is 0.0695. The van der Waals surface area contributed by atoms with Gasteiger partial charge < -0.3 is 26.5 Å². The van der Waals surface area contributed by atoms with Crippen molar-refractivity contribution in [3.8, 4) is 0 Å². The number of nitrogens with zero attached hydrogens (tertiary/aromatic N) is 4. The van der Waals surface area contributed by atoms with Crippen LogP contribution < -0.4 is 22.2 Å². The number of carboxylic acids is 1. The van der Waals surface area contributed by atoms with Crippen LogP contribution in [0.2, 0.25) is 0 Å². The number of carbonyl (C=O) groups is 1. The van der Waals surface area contributed by atoms with Crippen LogP contribution in [0.3, 0.4) is 0 Å². The van der Waals surface area contributed by atoms with Gasteiger partial charge in [0.1, 0.15) is 17.0 Å². The number of nitrogens with two attached hydrogens (primary N) is 2. The highest BCUT2D eigenvalue weighted by atomic mass is 19.1. The number of hydrogen-bond donors (Lipinski definition) is 4. The third-order valence-electron chi connectivity index (χ3n) is 4.49. The van der Waals surface area contributed by atoms with E-state index in [2.05, 4.69) is 20.3 Å². The standard InChI is InChI=1S/C17H16FN7O3/c18-11-3-9-12(26)10(16(27)28)6-25(8-1-2-8)15(9)24-14(11)21-4-7-5-22-17(20)23-13(7)19/h3,5-6,8H,1-2,4H2,(H,21,24)(H,27,28)(H4,19,20,22,23). The van der Waals surface area contributed by atoms with Gasteiger partial charge in [-0.2, -0.15) is 4.98 Å². The number of aromatic nitrogens is 4. The molecule has 0 bridgehead atoms. The Kier molecular flexibility index (Phi) is 4.06. The number of halogens is 1. The molecule has 0 radical (unpaired) electrons. The molecule has 10 nitrogen and oxygen atoms in total. The zero-order chi connectivity index (χ0) is 20.0. The summed E-state index contributed by atoms with van der Waals surface area (Å²) in [4.78, 5) is 35.7. The summed E-state index contributed by atoms with van der Waals surface area (Å²) in [6.45, 7) is 0.0857. The van der Waals surface area contributed by atoms with Crippen LogP contribution in [0.5, 0.6) is 0 Å². The van der Waals surface area contributed by atoms with Gasteiger partial charge in [-0.3, -0.25) is 4.79 Å². The summed E-state index contributed by atoms with van der Waals surface area (Å²) in [6, 6.07) is 1.04. The maximum atomic E-state index is 14.5. The zero-order valence-electron chi connectivity index (χ0n) is 14.5. The van der Waals surface area contributed by atoms with Crippen molar-refractivity contribution in [3.63, 3.8) is 0 Å². The van der Waals surface area contributed by atoms with Crippen LogP contribution in [-0.2, 0) is 6.54 Å². The van der Waals surface area contributed by atoms with Gasteiger partial charge in [-0.05, 0) is 18.9 Å². The summed E-state index contributed by atoms with van der Waals surface area (Å²) in [5.41, 5.74) is 10.8.